The summed E-state index contributed by atoms with van der Waals surface area (Å²) in [5.41, 5.74) is 0.623. The van der Waals surface area contributed by atoms with E-state index < -0.39 is 11.8 Å². The van der Waals surface area contributed by atoms with Gasteiger partial charge in [-0.1, -0.05) is 12.1 Å². The third-order valence-corrected chi connectivity index (χ3v) is 4.43. The molecule has 2 fully saturated rings. The average Bonchev–Trinajstić information content (AvgIpc) is 3.20. The van der Waals surface area contributed by atoms with E-state index in [2.05, 4.69) is 10.6 Å². The summed E-state index contributed by atoms with van der Waals surface area (Å²) < 4.78 is 10.7. The summed E-state index contributed by atoms with van der Waals surface area (Å²) >= 11 is 0. The first-order valence-corrected chi connectivity index (χ1v) is 8.82. The molecule has 2 N–H and O–H groups in total. The van der Waals surface area contributed by atoms with E-state index in [1.807, 2.05) is 0 Å². The van der Waals surface area contributed by atoms with Crippen LogP contribution >= 0.6 is 0 Å². The van der Waals surface area contributed by atoms with Crippen molar-refractivity contribution in [3.8, 4) is 0 Å². The fourth-order valence-electron chi connectivity index (χ4n) is 2.98. The Hall–Kier alpha value is -2.45. The summed E-state index contributed by atoms with van der Waals surface area (Å²) in [6, 6.07) is 6.62. The van der Waals surface area contributed by atoms with Gasteiger partial charge in [-0.15, -0.1) is 0 Å². The fraction of sp³-hybridized carbons (Fsp3) is 0.500. The van der Waals surface area contributed by atoms with Gasteiger partial charge in [0.15, 0.2) is 0 Å². The normalized spacial score (nSPS) is 19.8. The van der Waals surface area contributed by atoms with Crippen LogP contribution in [0.15, 0.2) is 24.3 Å². The van der Waals surface area contributed by atoms with Crippen molar-refractivity contribution in [1.29, 1.82) is 0 Å². The van der Waals surface area contributed by atoms with Gasteiger partial charge in [0.1, 0.15) is 0 Å². The molecule has 0 spiro atoms. The second kappa shape index (κ2) is 8.77. The number of benzene rings is 1. The molecule has 0 radical (unpaired) electrons. The van der Waals surface area contributed by atoms with Gasteiger partial charge in [-0.25, -0.2) is 0 Å². The minimum Gasteiger partial charge on any atom is -0.378 e. The molecular formula is C18H23N3O5. The zero-order valence-corrected chi connectivity index (χ0v) is 14.5. The van der Waals surface area contributed by atoms with Crippen LogP contribution in [0.1, 0.15) is 23.2 Å². The van der Waals surface area contributed by atoms with E-state index in [4.69, 9.17) is 9.47 Å². The van der Waals surface area contributed by atoms with Crippen molar-refractivity contribution in [2.24, 2.45) is 0 Å². The monoisotopic (exact) mass is 361 g/mol. The lowest BCUT2D eigenvalue weighted by atomic mass is 10.1. The van der Waals surface area contributed by atoms with Crippen molar-refractivity contribution in [3.05, 3.63) is 29.8 Å². The molecule has 0 aliphatic carbocycles. The maximum atomic E-state index is 12.4. The number of carbonyl (C=O) groups excluding carboxylic acids is 3. The van der Waals surface area contributed by atoms with E-state index in [1.165, 1.54) is 4.90 Å². The van der Waals surface area contributed by atoms with Crippen LogP contribution < -0.4 is 10.6 Å². The van der Waals surface area contributed by atoms with E-state index in [0.29, 0.717) is 44.1 Å². The van der Waals surface area contributed by atoms with E-state index in [-0.39, 0.29) is 12.0 Å². The number of nitrogens with one attached hydrogen (secondary N) is 2. The highest BCUT2D eigenvalue weighted by Gasteiger charge is 2.25. The number of ether oxygens (including phenoxy) is 2. The number of nitrogens with zero attached hydrogens (tertiary/aromatic N) is 1. The van der Waals surface area contributed by atoms with Crippen LogP contribution in [0.5, 0.6) is 0 Å². The zero-order valence-electron chi connectivity index (χ0n) is 14.5. The van der Waals surface area contributed by atoms with Crippen molar-refractivity contribution >= 4 is 23.4 Å². The minimum atomic E-state index is -0.758. The van der Waals surface area contributed by atoms with E-state index in [9.17, 15) is 14.4 Å². The lowest BCUT2D eigenvalue weighted by molar-refractivity contribution is -0.145. The molecule has 140 valence electrons. The van der Waals surface area contributed by atoms with Crippen molar-refractivity contribution < 1.29 is 23.9 Å². The molecule has 0 aromatic heterocycles. The summed E-state index contributed by atoms with van der Waals surface area (Å²) in [5.74, 6) is -1.69. The van der Waals surface area contributed by atoms with Crippen LogP contribution in [0.3, 0.4) is 0 Å². The molecule has 0 bridgehead atoms. The van der Waals surface area contributed by atoms with Gasteiger partial charge in [-0.3, -0.25) is 14.4 Å². The Morgan fingerprint density at radius 3 is 2.62 bits per heavy atom. The quantitative estimate of drug-likeness (QED) is 0.757. The van der Waals surface area contributed by atoms with Crippen LogP contribution in [-0.2, 0) is 19.1 Å². The first-order valence-electron chi connectivity index (χ1n) is 8.82. The predicted octanol–water partition coefficient (Wildman–Crippen LogP) is 0.393. The van der Waals surface area contributed by atoms with E-state index >= 15 is 0 Å². The van der Waals surface area contributed by atoms with Crippen LogP contribution in [0.2, 0.25) is 0 Å². The number of para-hydroxylation sites is 1. The fourth-order valence-corrected chi connectivity index (χ4v) is 2.98. The van der Waals surface area contributed by atoms with Gasteiger partial charge in [0.2, 0.25) is 0 Å². The van der Waals surface area contributed by atoms with Gasteiger partial charge in [-0.05, 0) is 25.0 Å². The molecule has 8 nitrogen and oxygen atoms in total. The van der Waals surface area contributed by atoms with Crippen molar-refractivity contribution in [1.82, 2.24) is 10.2 Å². The molecule has 1 aromatic rings. The summed E-state index contributed by atoms with van der Waals surface area (Å²) in [4.78, 5) is 38.4. The second-order valence-corrected chi connectivity index (χ2v) is 6.25. The van der Waals surface area contributed by atoms with Crippen molar-refractivity contribution in [3.63, 3.8) is 0 Å². The minimum absolute atomic E-state index is 0.0311. The lowest BCUT2D eigenvalue weighted by Gasteiger charge is -2.26. The Morgan fingerprint density at radius 1 is 1.12 bits per heavy atom. The number of anilines is 1. The Morgan fingerprint density at radius 2 is 1.88 bits per heavy atom. The van der Waals surface area contributed by atoms with Crippen LogP contribution in [0.25, 0.3) is 0 Å². The summed E-state index contributed by atoms with van der Waals surface area (Å²) in [6.07, 6.45) is 1.95. The molecule has 1 aromatic carbocycles. The average molecular weight is 361 g/mol. The zero-order chi connectivity index (χ0) is 18.4. The summed E-state index contributed by atoms with van der Waals surface area (Å²) in [7, 11) is 0. The lowest BCUT2D eigenvalue weighted by Crippen LogP contribution is -2.46. The molecule has 2 aliphatic rings. The molecule has 2 aliphatic heterocycles. The number of hydrogen-bond donors (Lipinski definition) is 2. The highest BCUT2D eigenvalue weighted by Crippen LogP contribution is 2.16. The number of carbonyl (C=O) groups is 3. The third kappa shape index (κ3) is 4.59. The molecule has 3 amide bonds. The molecule has 26 heavy (non-hydrogen) atoms. The molecule has 2 saturated heterocycles. The van der Waals surface area contributed by atoms with Crippen molar-refractivity contribution in [2.75, 3.05) is 44.8 Å². The van der Waals surface area contributed by atoms with Gasteiger partial charge >= 0.3 is 11.8 Å². The number of morpholine rings is 1. The van der Waals surface area contributed by atoms with Gasteiger partial charge < -0.3 is 25.0 Å². The van der Waals surface area contributed by atoms with Gasteiger partial charge in [0, 0.05) is 26.2 Å². The van der Waals surface area contributed by atoms with E-state index in [1.54, 1.807) is 24.3 Å². The van der Waals surface area contributed by atoms with Crippen molar-refractivity contribution in [2.45, 2.75) is 18.9 Å². The first kappa shape index (κ1) is 18.3. The Balaban J connectivity index is 1.61. The Labute approximate surface area is 151 Å². The molecule has 2 heterocycles. The standard InChI is InChI=1S/C18H23N3O5/c22-16(19-12-13-4-3-9-26-13)14-5-1-2-6-15(14)20-17(23)18(24)21-7-10-25-11-8-21/h1-2,5-6,13H,3-4,7-12H2,(H,19,22)(H,20,23)/t13-/m1/s1. The van der Waals surface area contributed by atoms with Crippen LogP contribution in [0.4, 0.5) is 5.69 Å². The Kier molecular flexibility index (Phi) is 6.19. The predicted molar refractivity (Wildman–Crippen MR) is 93.8 cm³/mol. The molecule has 0 unspecified atom stereocenters. The van der Waals surface area contributed by atoms with E-state index in [0.717, 1.165) is 19.4 Å². The van der Waals surface area contributed by atoms with Crippen LogP contribution in [0, 0.1) is 0 Å². The summed E-state index contributed by atoms with van der Waals surface area (Å²) in [6.45, 7) is 2.75. The first-order chi connectivity index (χ1) is 12.6. The molecule has 1 atom stereocenters. The van der Waals surface area contributed by atoms with Gasteiger partial charge in [0.05, 0.1) is 30.6 Å². The van der Waals surface area contributed by atoms with Crippen LogP contribution in [-0.4, -0.2) is 68.2 Å². The molecule has 0 saturated carbocycles. The highest BCUT2D eigenvalue weighted by atomic mass is 16.5. The largest absolute Gasteiger partial charge is 0.378 e. The Bertz CT molecular complexity index is 667. The smallest absolute Gasteiger partial charge is 0.313 e. The van der Waals surface area contributed by atoms with Gasteiger partial charge in [0.25, 0.3) is 5.91 Å². The topological polar surface area (TPSA) is 97.0 Å². The van der Waals surface area contributed by atoms with Gasteiger partial charge in [-0.2, -0.15) is 0 Å². The second-order valence-electron chi connectivity index (χ2n) is 6.25. The number of hydrogen-bond acceptors (Lipinski definition) is 5. The molecule has 3 rings (SSSR count). The number of rotatable bonds is 4. The third-order valence-electron chi connectivity index (χ3n) is 4.43. The SMILES string of the molecule is O=C(Nc1ccccc1C(=O)NC[C@H]1CCCO1)C(=O)N1CCOCC1. The molecule has 8 heteroatoms. The molecular weight excluding hydrogens is 338 g/mol. The summed E-state index contributed by atoms with van der Waals surface area (Å²) in [5, 5.41) is 5.37. The maximum absolute atomic E-state index is 12.4. The number of amides is 3. The highest BCUT2D eigenvalue weighted by molar-refractivity contribution is 6.39. The maximum Gasteiger partial charge on any atom is 0.313 e.